The van der Waals surface area contributed by atoms with Crippen LogP contribution < -0.4 is 5.56 Å². The number of aromatic nitrogens is 5. The minimum atomic E-state index is -1.10. The van der Waals surface area contributed by atoms with Crippen molar-refractivity contribution in [2.45, 2.75) is 50.8 Å². The molecule has 3 aromatic heterocycles. The molecule has 0 unspecified atom stereocenters. The Hall–Kier alpha value is -4.67. The number of hydrogen-bond acceptors (Lipinski definition) is 7. The van der Waals surface area contributed by atoms with E-state index in [4.69, 9.17) is 0 Å². The molecule has 0 aliphatic carbocycles. The normalized spacial score (nSPS) is 20.2. The highest BCUT2D eigenvalue weighted by atomic mass is 16.3. The standard InChI is InChI=1S/C36H39N7O3/c1-26-20-38-28(21-37-26)22-40-16-12-30(32(23-40)27-8-4-2-5-9-27)34(44)41-18-14-36(46,15-19-41)24-42-25-39-33-31(35(42)45)13-17-43(33)29-10-6-3-7-11-29/h2-11,13,17,20-21,25,30,32,46H,12,14-16,18-19,22-24H2,1H3/t30-,32+/m1/s1. The Labute approximate surface area is 268 Å². The Morgan fingerprint density at radius 3 is 2.39 bits per heavy atom. The Bertz CT molecular complexity index is 1860. The van der Waals surface area contributed by atoms with Gasteiger partial charge in [-0.05, 0) is 56.5 Å². The molecule has 2 fully saturated rings. The summed E-state index contributed by atoms with van der Waals surface area (Å²) in [6, 6.07) is 21.9. The number of piperidine rings is 2. The lowest BCUT2D eigenvalue weighted by Gasteiger charge is -2.43. The van der Waals surface area contributed by atoms with E-state index in [1.165, 1.54) is 10.9 Å². The number of fused-ring (bicyclic) bond motifs is 1. The third-order valence-corrected chi connectivity index (χ3v) is 9.64. The molecule has 2 aromatic carbocycles. The maximum atomic E-state index is 14.1. The van der Waals surface area contributed by atoms with Gasteiger partial charge in [-0.3, -0.25) is 29.0 Å². The molecule has 236 valence electrons. The van der Waals surface area contributed by atoms with Crippen LogP contribution in [-0.2, 0) is 17.9 Å². The van der Waals surface area contributed by atoms with Gasteiger partial charge in [-0.2, -0.15) is 0 Å². The van der Waals surface area contributed by atoms with Crippen LogP contribution >= 0.6 is 0 Å². The van der Waals surface area contributed by atoms with Gasteiger partial charge >= 0.3 is 0 Å². The van der Waals surface area contributed by atoms with Crippen LogP contribution in [0.3, 0.4) is 0 Å². The molecule has 2 atom stereocenters. The lowest BCUT2D eigenvalue weighted by Crippen LogP contribution is -2.53. The van der Waals surface area contributed by atoms with Crippen LogP contribution in [0.1, 0.15) is 42.1 Å². The molecule has 46 heavy (non-hydrogen) atoms. The van der Waals surface area contributed by atoms with E-state index in [9.17, 15) is 14.7 Å². The molecule has 10 heteroatoms. The number of aliphatic hydroxyl groups is 1. The van der Waals surface area contributed by atoms with Crippen molar-refractivity contribution in [2.75, 3.05) is 26.2 Å². The van der Waals surface area contributed by atoms with Crippen molar-refractivity contribution in [1.29, 1.82) is 0 Å². The van der Waals surface area contributed by atoms with Gasteiger partial charge in [-0.1, -0.05) is 48.5 Å². The highest BCUT2D eigenvalue weighted by molar-refractivity contribution is 5.80. The molecule has 0 saturated carbocycles. The minimum Gasteiger partial charge on any atom is -0.388 e. The van der Waals surface area contributed by atoms with Crippen molar-refractivity contribution in [3.8, 4) is 5.69 Å². The number of rotatable bonds is 7. The Balaban J connectivity index is 1.03. The number of carbonyl (C=O) groups excluding carboxylic acids is 1. The average molecular weight is 618 g/mol. The quantitative estimate of drug-likeness (QED) is 0.295. The number of amides is 1. The first-order chi connectivity index (χ1) is 22.4. The van der Waals surface area contributed by atoms with E-state index in [-0.39, 0.29) is 29.8 Å². The third kappa shape index (κ3) is 6.10. The molecule has 0 radical (unpaired) electrons. The first-order valence-corrected chi connectivity index (χ1v) is 16.0. The molecule has 1 amide bonds. The third-order valence-electron chi connectivity index (χ3n) is 9.64. The smallest absolute Gasteiger partial charge is 0.262 e. The van der Waals surface area contributed by atoms with Gasteiger partial charge in [0.25, 0.3) is 5.56 Å². The Morgan fingerprint density at radius 1 is 0.935 bits per heavy atom. The van der Waals surface area contributed by atoms with Crippen LogP contribution in [0.4, 0.5) is 0 Å². The van der Waals surface area contributed by atoms with Gasteiger partial charge in [-0.15, -0.1) is 0 Å². The summed E-state index contributed by atoms with van der Waals surface area (Å²) in [7, 11) is 0. The van der Waals surface area contributed by atoms with Gasteiger partial charge in [0.1, 0.15) is 6.33 Å². The SMILES string of the molecule is Cc1cnc(CN2CC[C@@H](C(=O)N3CCC(O)(Cn4cnc5c(ccn5-c5ccccc5)c4=O)CC3)[C@H](c3ccccc3)C2)cn1. The largest absolute Gasteiger partial charge is 0.388 e. The number of benzene rings is 2. The van der Waals surface area contributed by atoms with Crippen molar-refractivity contribution >= 4 is 16.9 Å². The summed E-state index contributed by atoms with van der Waals surface area (Å²) in [6.45, 7) is 5.23. The summed E-state index contributed by atoms with van der Waals surface area (Å²) < 4.78 is 3.40. The van der Waals surface area contributed by atoms with Crippen molar-refractivity contribution in [2.24, 2.45) is 5.92 Å². The lowest BCUT2D eigenvalue weighted by molar-refractivity contribution is -0.142. The molecule has 2 aliphatic heterocycles. The summed E-state index contributed by atoms with van der Waals surface area (Å²) in [5.74, 6) is 0.0613. The highest BCUT2D eigenvalue weighted by Gasteiger charge is 2.41. The Morgan fingerprint density at radius 2 is 1.67 bits per heavy atom. The number of para-hydroxylation sites is 1. The van der Waals surface area contributed by atoms with Gasteiger partial charge < -0.3 is 14.6 Å². The van der Waals surface area contributed by atoms with E-state index in [0.717, 1.165) is 42.1 Å². The van der Waals surface area contributed by atoms with E-state index in [0.29, 0.717) is 43.5 Å². The van der Waals surface area contributed by atoms with Crippen LogP contribution in [-0.4, -0.2) is 76.7 Å². The number of aryl methyl sites for hydroxylation is 1. The van der Waals surface area contributed by atoms with Crippen LogP contribution in [0, 0.1) is 12.8 Å². The molecule has 5 heterocycles. The van der Waals surface area contributed by atoms with E-state index >= 15 is 0 Å². The zero-order valence-corrected chi connectivity index (χ0v) is 26.1. The molecule has 1 N–H and O–H groups in total. The van der Waals surface area contributed by atoms with Crippen molar-refractivity contribution in [3.05, 3.63) is 119 Å². The van der Waals surface area contributed by atoms with E-state index in [1.807, 2.05) is 77.3 Å². The monoisotopic (exact) mass is 617 g/mol. The molecule has 7 rings (SSSR count). The van der Waals surface area contributed by atoms with E-state index in [1.54, 1.807) is 12.3 Å². The highest BCUT2D eigenvalue weighted by Crippen LogP contribution is 2.36. The fraction of sp³-hybridized carbons (Fsp3) is 0.361. The van der Waals surface area contributed by atoms with Crippen LogP contribution in [0.25, 0.3) is 16.7 Å². The molecule has 2 aliphatic rings. The maximum absolute atomic E-state index is 14.1. The second-order valence-corrected chi connectivity index (χ2v) is 12.8. The van der Waals surface area contributed by atoms with E-state index < -0.39 is 5.60 Å². The number of likely N-dealkylation sites (tertiary alicyclic amines) is 2. The predicted molar refractivity (Wildman–Crippen MR) is 175 cm³/mol. The van der Waals surface area contributed by atoms with Crippen molar-refractivity contribution in [1.82, 2.24) is 33.9 Å². The topological polar surface area (TPSA) is 109 Å². The van der Waals surface area contributed by atoms with Crippen molar-refractivity contribution < 1.29 is 9.90 Å². The molecular weight excluding hydrogens is 578 g/mol. The minimum absolute atomic E-state index is 0.0567. The summed E-state index contributed by atoms with van der Waals surface area (Å²) in [5.41, 5.74) is 3.23. The molecular formula is C36H39N7O3. The molecule has 10 nitrogen and oxygen atoms in total. The molecule has 0 bridgehead atoms. The molecule has 2 saturated heterocycles. The zero-order valence-electron chi connectivity index (χ0n) is 26.1. The Kier molecular flexibility index (Phi) is 8.23. The van der Waals surface area contributed by atoms with Gasteiger partial charge in [0, 0.05) is 62.3 Å². The summed E-state index contributed by atoms with van der Waals surface area (Å²) in [4.78, 5) is 45.3. The lowest BCUT2D eigenvalue weighted by atomic mass is 9.79. The van der Waals surface area contributed by atoms with Gasteiger partial charge in [-0.25, -0.2) is 4.98 Å². The van der Waals surface area contributed by atoms with Crippen LogP contribution in [0.15, 0.2) is 96.4 Å². The zero-order chi connectivity index (χ0) is 31.7. The van der Waals surface area contributed by atoms with Gasteiger partial charge in [0.15, 0.2) is 5.65 Å². The van der Waals surface area contributed by atoms with E-state index in [2.05, 4.69) is 32.0 Å². The number of hydrogen-bond donors (Lipinski definition) is 1. The second kappa shape index (κ2) is 12.6. The predicted octanol–water partition coefficient (Wildman–Crippen LogP) is 3.95. The number of carbonyl (C=O) groups is 1. The average Bonchev–Trinajstić information content (AvgIpc) is 3.53. The summed E-state index contributed by atoms with van der Waals surface area (Å²) in [5, 5.41) is 12.1. The summed E-state index contributed by atoms with van der Waals surface area (Å²) in [6.07, 6.45) is 8.56. The van der Waals surface area contributed by atoms with Gasteiger partial charge in [0.05, 0.1) is 28.9 Å². The molecule has 5 aromatic rings. The summed E-state index contributed by atoms with van der Waals surface area (Å²) >= 11 is 0. The van der Waals surface area contributed by atoms with Crippen LogP contribution in [0.2, 0.25) is 0 Å². The second-order valence-electron chi connectivity index (χ2n) is 12.8. The fourth-order valence-corrected chi connectivity index (χ4v) is 7.04. The van der Waals surface area contributed by atoms with Crippen molar-refractivity contribution in [3.63, 3.8) is 0 Å². The first kappa shape index (κ1) is 30.0. The number of nitrogens with zero attached hydrogens (tertiary/aromatic N) is 7. The van der Waals surface area contributed by atoms with Crippen LogP contribution in [0.5, 0.6) is 0 Å². The maximum Gasteiger partial charge on any atom is 0.262 e. The fourth-order valence-electron chi connectivity index (χ4n) is 7.04. The first-order valence-electron chi connectivity index (χ1n) is 16.0. The molecule has 0 spiro atoms. The van der Waals surface area contributed by atoms with Gasteiger partial charge in [0.2, 0.25) is 5.91 Å².